The van der Waals surface area contributed by atoms with Crippen LogP contribution in [-0.2, 0) is 4.79 Å². The number of halogens is 1. The number of para-hydroxylation sites is 1. The summed E-state index contributed by atoms with van der Waals surface area (Å²) >= 11 is 3.31. The maximum Gasteiger partial charge on any atom is 0.160 e. The number of aldehydes is 1. The van der Waals surface area contributed by atoms with Gasteiger partial charge in [0.1, 0.15) is 5.75 Å². The second-order valence-corrected chi connectivity index (χ2v) is 3.24. The number of rotatable bonds is 3. The molecule has 0 aromatic heterocycles. The van der Waals surface area contributed by atoms with Gasteiger partial charge in [-0.15, -0.1) is 0 Å². The minimum Gasteiger partial charge on any atom is -0.482 e. The molecule has 0 amide bonds. The lowest BCUT2D eigenvalue weighted by Crippen LogP contribution is -2.12. The lowest BCUT2D eigenvalue weighted by atomic mass is 10.3. The number of carbonyl (C=O) groups is 1. The quantitative estimate of drug-likeness (QED) is 0.744. The van der Waals surface area contributed by atoms with Gasteiger partial charge in [0.15, 0.2) is 12.4 Å². The van der Waals surface area contributed by atoms with E-state index in [1.54, 1.807) is 6.92 Å². The standard InChI is InChI=1S/C9H9BrO2/c1-7(6-11)12-9-5-3-2-4-8(9)10/h2-7H,1H3. The van der Waals surface area contributed by atoms with Crippen LogP contribution < -0.4 is 4.74 Å². The van der Waals surface area contributed by atoms with Gasteiger partial charge in [-0.25, -0.2) is 0 Å². The molecule has 1 aromatic carbocycles. The van der Waals surface area contributed by atoms with Crippen molar-refractivity contribution in [2.24, 2.45) is 0 Å². The molecule has 0 radical (unpaired) electrons. The smallest absolute Gasteiger partial charge is 0.160 e. The lowest BCUT2D eigenvalue weighted by Gasteiger charge is -2.09. The van der Waals surface area contributed by atoms with Crippen LogP contribution in [-0.4, -0.2) is 12.4 Å². The molecular formula is C9H9BrO2. The van der Waals surface area contributed by atoms with Crippen LogP contribution in [0, 0.1) is 0 Å². The van der Waals surface area contributed by atoms with Crippen molar-refractivity contribution < 1.29 is 9.53 Å². The van der Waals surface area contributed by atoms with Crippen molar-refractivity contribution in [3.8, 4) is 5.75 Å². The molecule has 0 spiro atoms. The summed E-state index contributed by atoms with van der Waals surface area (Å²) in [5.74, 6) is 0.692. The van der Waals surface area contributed by atoms with Crippen molar-refractivity contribution in [3.63, 3.8) is 0 Å². The average molecular weight is 229 g/mol. The first-order chi connectivity index (χ1) is 5.74. The van der Waals surface area contributed by atoms with E-state index in [2.05, 4.69) is 15.9 Å². The van der Waals surface area contributed by atoms with E-state index in [0.29, 0.717) is 5.75 Å². The monoisotopic (exact) mass is 228 g/mol. The first-order valence-corrected chi connectivity index (χ1v) is 4.40. The molecule has 1 atom stereocenters. The highest BCUT2D eigenvalue weighted by atomic mass is 79.9. The Hall–Kier alpha value is -0.830. The summed E-state index contributed by atoms with van der Waals surface area (Å²) in [4.78, 5) is 10.3. The lowest BCUT2D eigenvalue weighted by molar-refractivity contribution is -0.113. The fraction of sp³-hybridized carbons (Fsp3) is 0.222. The van der Waals surface area contributed by atoms with Crippen LogP contribution >= 0.6 is 15.9 Å². The summed E-state index contributed by atoms with van der Waals surface area (Å²) in [6.07, 6.45) is 0.364. The zero-order chi connectivity index (χ0) is 8.97. The highest BCUT2D eigenvalue weighted by Crippen LogP contribution is 2.24. The van der Waals surface area contributed by atoms with Crippen LogP contribution in [0.25, 0.3) is 0 Å². The summed E-state index contributed by atoms with van der Waals surface area (Å²) in [6.45, 7) is 1.70. The minimum atomic E-state index is -0.399. The predicted molar refractivity (Wildman–Crippen MR) is 50.3 cm³/mol. The fourth-order valence-electron chi connectivity index (χ4n) is 0.768. The van der Waals surface area contributed by atoms with E-state index in [4.69, 9.17) is 4.74 Å². The van der Waals surface area contributed by atoms with E-state index in [0.717, 1.165) is 10.8 Å². The first-order valence-electron chi connectivity index (χ1n) is 3.60. The molecule has 3 heteroatoms. The molecule has 2 nitrogen and oxygen atoms in total. The maximum absolute atomic E-state index is 10.3. The zero-order valence-electron chi connectivity index (χ0n) is 6.66. The molecule has 1 rings (SSSR count). The third-order valence-electron chi connectivity index (χ3n) is 1.34. The molecule has 0 aliphatic carbocycles. The summed E-state index contributed by atoms with van der Waals surface area (Å²) in [5, 5.41) is 0. The summed E-state index contributed by atoms with van der Waals surface area (Å²) in [7, 11) is 0. The number of benzene rings is 1. The Morgan fingerprint density at radius 1 is 1.50 bits per heavy atom. The molecule has 0 saturated heterocycles. The maximum atomic E-state index is 10.3. The van der Waals surface area contributed by atoms with Gasteiger partial charge in [-0.05, 0) is 35.0 Å². The van der Waals surface area contributed by atoms with E-state index in [1.807, 2.05) is 24.3 Å². The Balaban J connectivity index is 2.75. The van der Waals surface area contributed by atoms with Crippen molar-refractivity contribution >= 4 is 22.2 Å². The van der Waals surface area contributed by atoms with Gasteiger partial charge in [0.2, 0.25) is 0 Å². The Morgan fingerprint density at radius 2 is 2.17 bits per heavy atom. The highest BCUT2D eigenvalue weighted by molar-refractivity contribution is 9.10. The van der Waals surface area contributed by atoms with Crippen LogP contribution in [0.3, 0.4) is 0 Å². The average Bonchev–Trinajstić information content (AvgIpc) is 2.09. The van der Waals surface area contributed by atoms with Gasteiger partial charge >= 0.3 is 0 Å². The summed E-state index contributed by atoms with van der Waals surface area (Å²) in [6, 6.07) is 7.43. The second kappa shape index (κ2) is 4.26. The van der Waals surface area contributed by atoms with Crippen molar-refractivity contribution in [2.45, 2.75) is 13.0 Å². The van der Waals surface area contributed by atoms with E-state index >= 15 is 0 Å². The molecule has 0 bridgehead atoms. The molecule has 64 valence electrons. The van der Waals surface area contributed by atoms with E-state index in [9.17, 15) is 4.79 Å². The van der Waals surface area contributed by atoms with Crippen molar-refractivity contribution in [3.05, 3.63) is 28.7 Å². The minimum absolute atomic E-state index is 0.399. The fourth-order valence-corrected chi connectivity index (χ4v) is 1.15. The molecule has 12 heavy (non-hydrogen) atoms. The molecule has 0 aliphatic rings. The molecule has 1 unspecified atom stereocenters. The Labute approximate surface area is 79.7 Å². The van der Waals surface area contributed by atoms with Crippen LogP contribution in [0.15, 0.2) is 28.7 Å². The Bertz CT molecular complexity index is 273. The molecule has 0 fully saturated rings. The van der Waals surface area contributed by atoms with Gasteiger partial charge in [0.25, 0.3) is 0 Å². The number of ether oxygens (including phenoxy) is 1. The number of hydrogen-bond donors (Lipinski definition) is 0. The second-order valence-electron chi connectivity index (χ2n) is 2.39. The van der Waals surface area contributed by atoms with E-state index in [-0.39, 0.29) is 0 Å². The Kier molecular flexibility index (Phi) is 3.29. The molecule has 0 heterocycles. The largest absolute Gasteiger partial charge is 0.482 e. The number of carbonyl (C=O) groups excluding carboxylic acids is 1. The summed E-state index contributed by atoms with van der Waals surface area (Å²) < 4.78 is 6.14. The van der Waals surface area contributed by atoms with Gasteiger partial charge in [-0.1, -0.05) is 12.1 Å². The van der Waals surface area contributed by atoms with E-state index in [1.165, 1.54) is 0 Å². The molecule has 1 aromatic rings. The van der Waals surface area contributed by atoms with E-state index < -0.39 is 6.10 Å². The van der Waals surface area contributed by atoms with Gasteiger partial charge in [-0.3, -0.25) is 4.79 Å². The van der Waals surface area contributed by atoms with Gasteiger partial charge in [0.05, 0.1) is 4.47 Å². The van der Waals surface area contributed by atoms with Crippen LogP contribution in [0.4, 0.5) is 0 Å². The molecule has 0 saturated carbocycles. The topological polar surface area (TPSA) is 26.3 Å². The molecular weight excluding hydrogens is 220 g/mol. The summed E-state index contributed by atoms with van der Waals surface area (Å²) in [5.41, 5.74) is 0. The third-order valence-corrected chi connectivity index (χ3v) is 2.00. The van der Waals surface area contributed by atoms with Gasteiger partial charge in [0, 0.05) is 0 Å². The predicted octanol–water partition coefficient (Wildman–Crippen LogP) is 2.42. The SMILES string of the molecule is CC(C=O)Oc1ccccc1Br. The van der Waals surface area contributed by atoms with Gasteiger partial charge in [-0.2, -0.15) is 0 Å². The normalized spacial score (nSPS) is 12.2. The van der Waals surface area contributed by atoms with Crippen LogP contribution in [0.1, 0.15) is 6.92 Å². The van der Waals surface area contributed by atoms with Crippen molar-refractivity contribution in [2.75, 3.05) is 0 Å². The first kappa shape index (κ1) is 9.26. The number of hydrogen-bond acceptors (Lipinski definition) is 2. The van der Waals surface area contributed by atoms with Crippen molar-refractivity contribution in [1.29, 1.82) is 0 Å². The van der Waals surface area contributed by atoms with Crippen molar-refractivity contribution in [1.82, 2.24) is 0 Å². The molecule has 0 aliphatic heterocycles. The Morgan fingerprint density at radius 3 is 2.75 bits per heavy atom. The third kappa shape index (κ3) is 2.34. The van der Waals surface area contributed by atoms with Gasteiger partial charge < -0.3 is 4.74 Å². The highest BCUT2D eigenvalue weighted by Gasteiger charge is 2.03. The van der Waals surface area contributed by atoms with Crippen LogP contribution in [0.5, 0.6) is 5.75 Å². The van der Waals surface area contributed by atoms with Crippen LogP contribution in [0.2, 0.25) is 0 Å². The zero-order valence-corrected chi connectivity index (χ0v) is 8.24. The molecule has 0 N–H and O–H groups in total.